The lowest BCUT2D eigenvalue weighted by Crippen LogP contribution is -2.40. The zero-order valence-corrected chi connectivity index (χ0v) is 12.3. The molecule has 0 atom stereocenters. The van der Waals surface area contributed by atoms with Crippen molar-refractivity contribution in [3.8, 4) is 5.75 Å². The molecular formula is C14H21F2N3O2. The first-order valence-corrected chi connectivity index (χ1v) is 6.77. The van der Waals surface area contributed by atoms with E-state index in [-0.39, 0.29) is 5.75 Å². The Balaban J connectivity index is 2.21. The van der Waals surface area contributed by atoms with Gasteiger partial charge in [-0.3, -0.25) is 4.99 Å². The Morgan fingerprint density at radius 1 is 1.14 bits per heavy atom. The van der Waals surface area contributed by atoms with Crippen LogP contribution in [0.15, 0.2) is 23.2 Å². The van der Waals surface area contributed by atoms with Crippen molar-refractivity contribution in [2.45, 2.75) is 6.92 Å². The van der Waals surface area contributed by atoms with Crippen molar-refractivity contribution in [2.24, 2.45) is 4.99 Å². The van der Waals surface area contributed by atoms with Crippen molar-refractivity contribution in [3.05, 3.63) is 29.8 Å². The van der Waals surface area contributed by atoms with E-state index in [4.69, 9.17) is 9.47 Å². The summed E-state index contributed by atoms with van der Waals surface area (Å²) in [6, 6.07) is 3.43. The molecule has 0 radical (unpaired) electrons. The van der Waals surface area contributed by atoms with Gasteiger partial charge in [-0.05, 0) is 19.1 Å². The van der Waals surface area contributed by atoms with E-state index in [9.17, 15) is 8.78 Å². The maximum absolute atomic E-state index is 13.0. The summed E-state index contributed by atoms with van der Waals surface area (Å²) in [5, 5.41) is 6.10. The zero-order chi connectivity index (χ0) is 15.5. The van der Waals surface area contributed by atoms with E-state index in [1.165, 1.54) is 6.07 Å². The molecule has 118 valence electrons. The van der Waals surface area contributed by atoms with Gasteiger partial charge < -0.3 is 20.1 Å². The highest BCUT2D eigenvalue weighted by molar-refractivity contribution is 5.79. The van der Waals surface area contributed by atoms with Gasteiger partial charge in [0.25, 0.3) is 0 Å². The quantitative estimate of drug-likeness (QED) is 0.434. The molecule has 2 N–H and O–H groups in total. The predicted octanol–water partition coefficient (Wildman–Crippen LogP) is 1.55. The Morgan fingerprint density at radius 2 is 1.86 bits per heavy atom. The number of halogens is 2. The monoisotopic (exact) mass is 301 g/mol. The van der Waals surface area contributed by atoms with Gasteiger partial charge >= 0.3 is 0 Å². The van der Waals surface area contributed by atoms with Crippen molar-refractivity contribution >= 4 is 5.96 Å². The number of hydrogen-bond acceptors (Lipinski definition) is 3. The van der Waals surface area contributed by atoms with E-state index < -0.39 is 11.6 Å². The number of benzene rings is 1. The number of nitrogens with zero attached hydrogens (tertiary/aromatic N) is 1. The summed E-state index contributed by atoms with van der Waals surface area (Å²) in [6.45, 7) is 4.64. The van der Waals surface area contributed by atoms with Gasteiger partial charge in [-0.2, -0.15) is 0 Å². The summed E-state index contributed by atoms with van der Waals surface area (Å²) in [5.74, 6) is -0.896. The van der Waals surface area contributed by atoms with Crippen molar-refractivity contribution in [2.75, 3.05) is 40.0 Å². The number of guanidine groups is 1. The molecule has 0 saturated carbocycles. The third-order valence-corrected chi connectivity index (χ3v) is 2.52. The van der Waals surface area contributed by atoms with E-state index in [1.807, 2.05) is 6.92 Å². The van der Waals surface area contributed by atoms with Crippen LogP contribution in [0.2, 0.25) is 0 Å². The molecule has 0 aliphatic heterocycles. The van der Waals surface area contributed by atoms with Crippen LogP contribution in [0.3, 0.4) is 0 Å². The Morgan fingerprint density at radius 3 is 2.48 bits per heavy atom. The highest BCUT2D eigenvalue weighted by Crippen LogP contribution is 2.14. The van der Waals surface area contributed by atoms with Crippen LogP contribution >= 0.6 is 0 Å². The summed E-state index contributed by atoms with van der Waals surface area (Å²) in [6.07, 6.45) is 0. The van der Waals surface area contributed by atoms with Crippen LogP contribution in [0.25, 0.3) is 0 Å². The van der Waals surface area contributed by atoms with Gasteiger partial charge in [-0.1, -0.05) is 0 Å². The summed E-state index contributed by atoms with van der Waals surface area (Å²) in [5.41, 5.74) is 0. The largest absolute Gasteiger partial charge is 0.492 e. The molecule has 0 bridgehead atoms. The van der Waals surface area contributed by atoms with E-state index >= 15 is 0 Å². The minimum Gasteiger partial charge on any atom is -0.492 e. The second-order valence-electron chi connectivity index (χ2n) is 4.05. The molecule has 0 spiro atoms. The SMILES string of the molecule is CCOCCNC(=NC)NCCOc1ccc(F)c(F)c1. The summed E-state index contributed by atoms with van der Waals surface area (Å²) in [7, 11) is 1.66. The van der Waals surface area contributed by atoms with Crippen LogP contribution in [0.5, 0.6) is 5.75 Å². The van der Waals surface area contributed by atoms with E-state index in [2.05, 4.69) is 15.6 Å². The van der Waals surface area contributed by atoms with Crippen molar-refractivity contribution in [3.63, 3.8) is 0 Å². The van der Waals surface area contributed by atoms with Crippen LogP contribution in [0.4, 0.5) is 8.78 Å². The van der Waals surface area contributed by atoms with Gasteiger partial charge in [0.05, 0.1) is 13.2 Å². The molecule has 0 amide bonds. The molecule has 0 aromatic heterocycles. The first kappa shape index (κ1) is 17.2. The molecule has 0 unspecified atom stereocenters. The number of aliphatic imine (C=N–C) groups is 1. The molecular weight excluding hydrogens is 280 g/mol. The topological polar surface area (TPSA) is 54.9 Å². The van der Waals surface area contributed by atoms with E-state index in [1.54, 1.807) is 7.05 Å². The van der Waals surface area contributed by atoms with Gasteiger partial charge in [0.2, 0.25) is 0 Å². The third-order valence-electron chi connectivity index (χ3n) is 2.52. The van der Waals surface area contributed by atoms with Crippen molar-refractivity contribution in [1.82, 2.24) is 10.6 Å². The lowest BCUT2D eigenvalue weighted by atomic mass is 10.3. The Kier molecular flexibility index (Phi) is 8.11. The fourth-order valence-electron chi connectivity index (χ4n) is 1.51. The van der Waals surface area contributed by atoms with Gasteiger partial charge in [-0.25, -0.2) is 8.78 Å². The highest BCUT2D eigenvalue weighted by Gasteiger charge is 2.03. The van der Waals surface area contributed by atoms with Crippen LogP contribution in [0.1, 0.15) is 6.92 Å². The second-order valence-corrected chi connectivity index (χ2v) is 4.05. The fraction of sp³-hybridized carbons (Fsp3) is 0.500. The fourth-order valence-corrected chi connectivity index (χ4v) is 1.51. The number of nitrogens with one attached hydrogen (secondary N) is 2. The number of rotatable bonds is 8. The van der Waals surface area contributed by atoms with E-state index in [0.29, 0.717) is 38.9 Å². The first-order valence-electron chi connectivity index (χ1n) is 6.77. The van der Waals surface area contributed by atoms with Crippen molar-refractivity contribution < 1.29 is 18.3 Å². The molecule has 0 saturated heterocycles. The average Bonchev–Trinajstić information content (AvgIpc) is 2.49. The summed E-state index contributed by atoms with van der Waals surface area (Å²) >= 11 is 0. The smallest absolute Gasteiger partial charge is 0.191 e. The van der Waals surface area contributed by atoms with Gasteiger partial charge in [0, 0.05) is 26.3 Å². The predicted molar refractivity (Wildman–Crippen MR) is 77.7 cm³/mol. The van der Waals surface area contributed by atoms with Gasteiger partial charge in [0.1, 0.15) is 12.4 Å². The Bertz CT molecular complexity index is 456. The van der Waals surface area contributed by atoms with E-state index in [0.717, 1.165) is 12.1 Å². The minimum absolute atomic E-state index is 0.287. The van der Waals surface area contributed by atoms with Gasteiger partial charge in [0.15, 0.2) is 17.6 Å². The molecule has 1 aromatic carbocycles. The molecule has 1 aromatic rings. The highest BCUT2D eigenvalue weighted by atomic mass is 19.2. The van der Waals surface area contributed by atoms with Crippen LogP contribution in [-0.2, 0) is 4.74 Å². The number of hydrogen-bond donors (Lipinski definition) is 2. The molecule has 0 aliphatic rings. The molecule has 1 rings (SSSR count). The first-order chi connectivity index (χ1) is 10.2. The molecule has 5 nitrogen and oxygen atoms in total. The molecule has 0 fully saturated rings. The Hall–Kier alpha value is -1.89. The van der Waals surface area contributed by atoms with Crippen LogP contribution in [-0.4, -0.2) is 45.9 Å². The summed E-state index contributed by atoms with van der Waals surface area (Å²) in [4.78, 5) is 4.03. The maximum Gasteiger partial charge on any atom is 0.191 e. The molecule has 7 heteroatoms. The van der Waals surface area contributed by atoms with Crippen molar-refractivity contribution in [1.29, 1.82) is 0 Å². The lowest BCUT2D eigenvalue weighted by molar-refractivity contribution is 0.152. The summed E-state index contributed by atoms with van der Waals surface area (Å²) < 4.78 is 36.2. The third kappa shape index (κ3) is 6.89. The maximum atomic E-state index is 13.0. The minimum atomic E-state index is -0.922. The molecule has 0 heterocycles. The Labute approximate surface area is 123 Å². The number of ether oxygens (including phenoxy) is 2. The second kappa shape index (κ2) is 9.93. The molecule has 21 heavy (non-hydrogen) atoms. The lowest BCUT2D eigenvalue weighted by Gasteiger charge is -2.12. The molecule has 0 aliphatic carbocycles. The van der Waals surface area contributed by atoms with Crippen LogP contribution in [0, 0.1) is 11.6 Å². The average molecular weight is 301 g/mol. The normalized spacial score (nSPS) is 11.3. The zero-order valence-electron chi connectivity index (χ0n) is 12.3. The van der Waals surface area contributed by atoms with Gasteiger partial charge in [-0.15, -0.1) is 0 Å². The standard InChI is InChI=1S/C14H21F2N3O2/c1-3-20-8-6-18-14(17-2)19-7-9-21-11-4-5-12(15)13(16)10-11/h4-5,10H,3,6-9H2,1-2H3,(H2,17,18,19). The van der Waals surface area contributed by atoms with Crippen LogP contribution < -0.4 is 15.4 Å².